The SMILES string of the molecule is Cc1ccc(S(=O)(=O)N2CCN([N+](C#N)=Cc3ccc([N+](=O)[O-])cc3)CC2)cc1. The zero-order valence-electron chi connectivity index (χ0n) is 15.8. The molecule has 150 valence electrons. The summed E-state index contributed by atoms with van der Waals surface area (Å²) in [5, 5.41) is 22.0. The molecule has 0 amide bonds. The number of nitro benzene ring substituents is 1. The van der Waals surface area contributed by atoms with Gasteiger partial charge in [0, 0.05) is 30.8 Å². The lowest BCUT2D eigenvalue weighted by Crippen LogP contribution is -2.51. The van der Waals surface area contributed by atoms with Crippen LogP contribution in [0.1, 0.15) is 11.1 Å². The first kappa shape index (κ1) is 20.4. The van der Waals surface area contributed by atoms with Crippen LogP contribution in [-0.2, 0) is 10.0 Å². The largest absolute Gasteiger partial charge is 0.484 e. The molecule has 1 heterocycles. The van der Waals surface area contributed by atoms with Crippen LogP contribution in [0.25, 0.3) is 0 Å². The number of hydrogen-bond donors (Lipinski definition) is 0. The summed E-state index contributed by atoms with van der Waals surface area (Å²) in [5.41, 5.74) is 1.59. The highest BCUT2D eigenvalue weighted by molar-refractivity contribution is 7.89. The number of nitrogens with zero attached hydrogens (tertiary/aromatic N) is 5. The van der Waals surface area contributed by atoms with Gasteiger partial charge in [0.25, 0.3) is 5.69 Å². The van der Waals surface area contributed by atoms with Crippen molar-refractivity contribution in [3.63, 3.8) is 0 Å². The van der Waals surface area contributed by atoms with E-state index in [2.05, 4.69) is 6.19 Å². The van der Waals surface area contributed by atoms with Crippen molar-refractivity contribution in [1.29, 1.82) is 5.26 Å². The van der Waals surface area contributed by atoms with Gasteiger partial charge in [0.2, 0.25) is 10.0 Å². The quantitative estimate of drug-likeness (QED) is 0.184. The highest BCUT2D eigenvalue weighted by Gasteiger charge is 2.30. The van der Waals surface area contributed by atoms with Gasteiger partial charge >= 0.3 is 6.19 Å². The fourth-order valence-corrected chi connectivity index (χ4v) is 4.41. The molecule has 0 unspecified atom stereocenters. The topological polar surface area (TPSA) is 111 Å². The van der Waals surface area contributed by atoms with Gasteiger partial charge in [-0.3, -0.25) is 10.1 Å². The van der Waals surface area contributed by atoms with E-state index in [1.807, 2.05) is 6.92 Å². The number of benzene rings is 2. The Morgan fingerprint density at radius 3 is 2.14 bits per heavy atom. The number of hydrogen-bond acceptors (Lipinski definition) is 6. The third-order valence-electron chi connectivity index (χ3n) is 4.66. The molecule has 1 fully saturated rings. The molecule has 2 aromatic rings. The van der Waals surface area contributed by atoms with Crippen molar-refractivity contribution >= 4 is 21.9 Å². The minimum absolute atomic E-state index is 0.0272. The summed E-state index contributed by atoms with van der Waals surface area (Å²) in [7, 11) is -3.58. The summed E-state index contributed by atoms with van der Waals surface area (Å²) < 4.78 is 28.3. The van der Waals surface area contributed by atoms with Gasteiger partial charge in [0.1, 0.15) is 6.21 Å². The molecular weight excluding hydrogens is 394 g/mol. The Morgan fingerprint density at radius 2 is 1.62 bits per heavy atom. The summed E-state index contributed by atoms with van der Waals surface area (Å²) in [6.07, 6.45) is 3.61. The molecule has 2 aromatic carbocycles. The van der Waals surface area contributed by atoms with Gasteiger partial charge < -0.3 is 0 Å². The number of nitriles is 1. The number of piperazine rings is 1. The number of hydrazine groups is 1. The lowest BCUT2D eigenvalue weighted by molar-refractivity contribution is -0.620. The molecule has 0 spiro atoms. The van der Waals surface area contributed by atoms with E-state index < -0.39 is 14.9 Å². The minimum Gasteiger partial charge on any atom is -0.258 e. The second-order valence-corrected chi connectivity index (χ2v) is 8.53. The Morgan fingerprint density at radius 1 is 1.03 bits per heavy atom. The molecular formula is C19H20N5O4S+. The second-order valence-electron chi connectivity index (χ2n) is 6.59. The Labute approximate surface area is 168 Å². The Kier molecular flexibility index (Phi) is 5.91. The predicted molar refractivity (Wildman–Crippen MR) is 106 cm³/mol. The fourth-order valence-electron chi connectivity index (χ4n) is 2.99. The average molecular weight is 414 g/mol. The zero-order chi connectivity index (χ0) is 21.0. The van der Waals surface area contributed by atoms with Crippen molar-refractivity contribution in [1.82, 2.24) is 9.31 Å². The molecule has 29 heavy (non-hydrogen) atoms. The van der Waals surface area contributed by atoms with Gasteiger partial charge in [-0.05, 0) is 31.2 Å². The van der Waals surface area contributed by atoms with Gasteiger partial charge in [-0.2, -0.15) is 4.31 Å². The Bertz CT molecular complexity index is 1070. The lowest BCUT2D eigenvalue weighted by Gasteiger charge is -2.32. The van der Waals surface area contributed by atoms with Crippen molar-refractivity contribution < 1.29 is 18.0 Å². The van der Waals surface area contributed by atoms with Crippen molar-refractivity contribution in [2.24, 2.45) is 0 Å². The molecule has 0 aliphatic carbocycles. The maximum atomic E-state index is 12.8. The second kappa shape index (κ2) is 8.38. The van der Waals surface area contributed by atoms with Gasteiger partial charge in [-0.1, -0.05) is 22.4 Å². The number of aryl methyl sites for hydroxylation is 1. The third kappa shape index (κ3) is 4.59. The summed E-state index contributed by atoms with van der Waals surface area (Å²) in [4.78, 5) is 10.5. The minimum atomic E-state index is -3.58. The molecule has 0 bridgehead atoms. The van der Waals surface area contributed by atoms with E-state index in [-0.39, 0.29) is 23.7 Å². The standard InChI is InChI=1S/C19H20N5O4S/c1-16-2-8-19(9-3-16)29(27,28)23-12-10-21(11-13-23)22(15-20)14-17-4-6-18(7-5-17)24(25)26/h2-9,14H,10-13H2,1H3/q+1. The maximum Gasteiger partial charge on any atom is 0.484 e. The van der Waals surface area contributed by atoms with E-state index >= 15 is 0 Å². The molecule has 1 saturated heterocycles. The van der Waals surface area contributed by atoms with Crippen LogP contribution < -0.4 is 0 Å². The Hall–Kier alpha value is -3.29. The third-order valence-corrected chi connectivity index (χ3v) is 6.57. The van der Waals surface area contributed by atoms with E-state index in [4.69, 9.17) is 0 Å². The van der Waals surface area contributed by atoms with E-state index in [9.17, 15) is 23.8 Å². The van der Waals surface area contributed by atoms with Crippen LogP contribution in [0.5, 0.6) is 0 Å². The Balaban J connectivity index is 1.70. The van der Waals surface area contributed by atoms with E-state index in [0.29, 0.717) is 18.7 Å². The number of non-ortho nitro benzene ring substituents is 1. The van der Waals surface area contributed by atoms with Crippen LogP contribution in [0.2, 0.25) is 0 Å². The fraction of sp³-hybridized carbons (Fsp3) is 0.263. The summed E-state index contributed by atoms with van der Waals surface area (Å²) in [6, 6.07) is 12.6. The van der Waals surface area contributed by atoms with E-state index in [1.54, 1.807) is 47.6 Å². The molecule has 0 saturated carbocycles. The number of nitro groups is 1. The molecule has 0 radical (unpaired) electrons. The van der Waals surface area contributed by atoms with Crippen LogP contribution in [0.4, 0.5) is 5.69 Å². The highest BCUT2D eigenvalue weighted by atomic mass is 32.2. The maximum absolute atomic E-state index is 12.8. The zero-order valence-corrected chi connectivity index (χ0v) is 16.6. The molecule has 0 atom stereocenters. The number of sulfonamides is 1. The summed E-state index contributed by atoms with van der Waals surface area (Å²) in [6.45, 7) is 3.10. The van der Waals surface area contributed by atoms with Gasteiger partial charge in [-0.25, -0.2) is 13.4 Å². The van der Waals surface area contributed by atoms with Gasteiger partial charge in [0.05, 0.1) is 22.9 Å². The van der Waals surface area contributed by atoms with E-state index in [0.717, 1.165) is 5.56 Å². The monoisotopic (exact) mass is 414 g/mol. The molecule has 9 nitrogen and oxygen atoms in total. The average Bonchev–Trinajstić information content (AvgIpc) is 2.73. The molecule has 3 rings (SSSR count). The highest BCUT2D eigenvalue weighted by Crippen LogP contribution is 2.18. The van der Waals surface area contributed by atoms with Gasteiger partial charge in [0.15, 0.2) is 5.26 Å². The molecule has 10 heteroatoms. The first-order valence-corrected chi connectivity index (χ1v) is 10.4. The van der Waals surface area contributed by atoms with Crippen LogP contribution in [0.15, 0.2) is 53.4 Å². The van der Waals surface area contributed by atoms with Crippen molar-refractivity contribution in [3.05, 3.63) is 69.8 Å². The first-order valence-electron chi connectivity index (χ1n) is 8.91. The first-order chi connectivity index (χ1) is 13.8. The smallest absolute Gasteiger partial charge is 0.258 e. The van der Waals surface area contributed by atoms with Crippen molar-refractivity contribution in [2.45, 2.75) is 11.8 Å². The van der Waals surface area contributed by atoms with E-state index in [1.165, 1.54) is 21.1 Å². The lowest BCUT2D eigenvalue weighted by atomic mass is 10.2. The van der Waals surface area contributed by atoms with Crippen LogP contribution in [-0.4, -0.2) is 59.7 Å². The summed E-state index contributed by atoms with van der Waals surface area (Å²) >= 11 is 0. The van der Waals surface area contributed by atoms with Crippen LogP contribution >= 0.6 is 0 Å². The predicted octanol–water partition coefficient (Wildman–Crippen LogP) is 1.74. The number of rotatable bonds is 5. The number of hydrazone groups is 1. The van der Waals surface area contributed by atoms with Crippen molar-refractivity contribution in [2.75, 3.05) is 26.2 Å². The van der Waals surface area contributed by atoms with Crippen LogP contribution in [0.3, 0.4) is 0 Å². The molecule has 1 aliphatic rings. The normalized spacial score (nSPS) is 15.7. The van der Waals surface area contributed by atoms with Gasteiger partial charge in [-0.15, -0.1) is 0 Å². The molecule has 0 N–H and O–H groups in total. The summed E-state index contributed by atoms with van der Waals surface area (Å²) in [5.74, 6) is 0. The molecule has 1 aliphatic heterocycles. The molecule has 0 aromatic heterocycles. The van der Waals surface area contributed by atoms with Crippen LogP contribution in [0, 0.1) is 28.5 Å². The van der Waals surface area contributed by atoms with Crippen molar-refractivity contribution in [3.8, 4) is 6.19 Å².